The molecular formula is C17H17N5O. The first-order chi connectivity index (χ1) is 11.3. The molecule has 0 bridgehead atoms. The molecule has 3 aromatic heterocycles. The summed E-state index contributed by atoms with van der Waals surface area (Å²) in [6.45, 7) is 2.23. The molecule has 1 atom stereocenters. The van der Waals surface area contributed by atoms with Gasteiger partial charge in [-0.1, -0.05) is 6.07 Å². The van der Waals surface area contributed by atoms with E-state index in [0.717, 1.165) is 16.8 Å². The zero-order valence-corrected chi connectivity index (χ0v) is 12.8. The Labute approximate surface area is 134 Å². The van der Waals surface area contributed by atoms with Crippen LogP contribution in [0.3, 0.4) is 0 Å². The van der Waals surface area contributed by atoms with Crippen molar-refractivity contribution in [3.63, 3.8) is 0 Å². The molecule has 1 N–H and O–H groups in total. The monoisotopic (exact) mass is 307 g/mol. The fraction of sp³-hybridized carbons (Fsp3) is 0.176. The minimum atomic E-state index is -0.356. The second-order valence-corrected chi connectivity index (χ2v) is 5.13. The fourth-order valence-electron chi connectivity index (χ4n) is 2.31. The van der Waals surface area contributed by atoms with E-state index in [9.17, 15) is 4.79 Å². The Morgan fingerprint density at radius 3 is 2.74 bits per heavy atom. The largest absolute Gasteiger partial charge is 0.350 e. The van der Waals surface area contributed by atoms with E-state index in [1.807, 2.05) is 31.2 Å². The smallest absolute Gasteiger partial charge is 0.244 e. The van der Waals surface area contributed by atoms with Gasteiger partial charge in [0.15, 0.2) is 0 Å². The Balaban J connectivity index is 1.73. The molecular weight excluding hydrogens is 290 g/mol. The average molecular weight is 307 g/mol. The standard InChI is InChI=1S/C17H17N5O/c1-13(22-11-3-8-21-22)17(23)20-12-15-4-2-7-19-16(15)14-5-9-18-10-6-14/h2-11,13H,12H2,1H3,(H,20,23). The molecule has 0 saturated carbocycles. The van der Waals surface area contributed by atoms with Crippen LogP contribution in [0, 0.1) is 0 Å². The van der Waals surface area contributed by atoms with E-state index in [1.54, 1.807) is 41.7 Å². The lowest BCUT2D eigenvalue weighted by Crippen LogP contribution is -2.31. The van der Waals surface area contributed by atoms with Crippen LogP contribution in [0.4, 0.5) is 0 Å². The number of pyridine rings is 2. The third-order valence-electron chi connectivity index (χ3n) is 3.60. The van der Waals surface area contributed by atoms with E-state index in [-0.39, 0.29) is 11.9 Å². The number of hydrogen-bond acceptors (Lipinski definition) is 4. The van der Waals surface area contributed by atoms with Crippen LogP contribution in [0.25, 0.3) is 11.3 Å². The molecule has 3 heterocycles. The first kappa shape index (κ1) is 14.9. The zero-order chi connectivity index (χ0) is 16.1. The van der Waals surface area contributed by atoms with Crippen LogP contribution in [0.5, 0.6) is 0 Å². The van der Waals surface area contributed by atoms with E-state index < -0.39 is 0 Å². The normalized spacial score (nSPS) is 11.9. The Kier molecular flexibility index (Phi) is 4.42. The maximum absolute atomic E-state index is 12.3. The predicted molar refractivity (Wildman–Crippen MR) is 86.3 cm³/mol. The highest BCUT2D eigenvalue weighted by Gasteiger charge is 2.15. The molecule has 0 fully saturated rings. The van der Waals surface area contributed by atoms with Crippen LogP contribution in [0.2, 0.25) is 0 Å². The minimum absolute atomic E-state index is 0.0850. The van der Waals surface area contributed by atoms with Crippen LogP contribution in [0.15, 0.2) is 61.3 Å². The molecule has 0 aliphatic carbocycles. The fourth-order valence-corrected chi connectivity index (χ4v) is 2.31. The quantitative estimate of drug-likeness (QED) is 0.784. The number of rotatable bonds is 5. The maximum Gasteiger partial charge on any atom is 0.244 e. The van der Waals surface area contributed by atoms with E-state index in [2.05, 4.69) is 20.4 Å². The summed E-state index contributed by atoms with van der Waals surface area (Å²) in [4.78, 5) is 20.7. The van der Waals surface area contributed by atoms with Crippen molar-refractivity contribution in [2.45, 2.75) is 19.5 Å². The van der Waals surface area contributed by atoms with Gasteiger partial charge in [0.05, 0.1) is 5.69 Å². The summed E-state index contributed by atoms with van der Waals surface area (Å²) < 4.78 is 1.63. The first-order valence-corrected chi connectivity index (χ1v) is 7.37. The van der Waals surface area contributed by atoms with Crippen LogP contribution in [-0.4, -0.2) is 25.7 Å². The number of carbonyl (C=O) groups is 1. The predicted octanol–water partition coefficient (Wildman–Crippen LogP) is 2.22. The third-order valence-corrected chi connectivity index (χ3v) is 3.60. The summed E-state index contributed by atoms with van der Waals surface area (Å²) in [5.41, 5.74) is 2.78. The molecule has 6 heteroatoms. The molecule has 3 aromatic rings. The van der Waals surface area contributed by atoms with Gasteiger partial charge in [-0.3, -0.25) is 19.4 Å². The van der Waals surface area contributed by atoms with Crippen molar-refractivity contribution in [1.82, 2.24) is 25.1 Å². The van der Waals surface area contributed by atoms with Crippen LogP contribution >= 0.6 is 0 Å². The van der Waals surface area contributed by atoms with E-state index in [4.69, 9.17) is 0 Å². The van der Waals surface area contributed by atoms with Gasteiger partial charge in [-0.05, 0) is 36.8 Å². The van der Waals surface area contributed by atoms with Gasteiger partial charge >= 0.3 is 0 Å². The second-order valence-electron chi connectivity index (χ2n) is 5.13. The molecule has 0 aliphatic rings. The topological polar surface area (TPSA) is 72.7 Å². The average Bonchev–Trinajstić information content (AvgIpc) is 3.14. The van der Waals surface area contributed by atoms with E-state index >= 15 is 0 Å². The van der Waals surface area contributed by atoms with Crippen molar-refractivity contribution in [1.29, 1.82) is 0 Å². The molecule has 3 rings (SSSR count). The Bertz CT molecular complexity index is 771. The number of hydrogen-bond donors (Lipinski definition) is 1. The highest BCUT2D eigenvalue weighted by molar-refractivity contribution is 5.80. The molecule has 6 nitrogen and oxygen atoms in total. The summed E-state index contributed by atoms with van der Waals surface area (Å²) >= 11 is 0. The highest BCUT2D eigenvalue weighted by Crippen LogP contribution is 2.20. The van der Waals surface area contributed by atoms with Crippen LogP contribution < -0.4 is 5.32 Å². The van der Waals surface area contributed by atoms with E-state index in [0.29, 0.717) is 6.54 Å². The number of aromatic nitrogens is 4. The van der Waals surface area contributed by atoms with Crippen LogP contribution in [0.1, 0.15) is 18.5 Å². The van der Waals surface area contributed by atoms with Gasteiger partial charge in [0.25, 0.3) is 0 Å². The number of nitrogens with one attached hydrogen (secondary N) is 1. The highest BCUT2D eigenvalue weighted by atomic mass is 16.2. The van der Waals surface area contributed by atoms with Crippen molar-refractivity contribution >= 4 is 5.91 Å². The molecule has 0 saturated heterocycles. The summed E-state index contributed by atoms with van der Waals surface area (Å²) in [6.07, 6.45) is 8.63. The van der Waals surface area contributed by atoms with E-state index in [1.165, 1.54) is 0 Å². The second kappa shape index (κ2) is 6.83. The molecule has 23 heavy (non-hydrogen) atoms. The van der Waals surface area contributed by atoms with Gasteiger partial charge in [0.2, 0.25) is 5.91 Å². The molecule has 0 aromatic carbocycles. The minimum Gasteiger partial charge on any atom is -0.350 e. The van der Waals surface area contributed by atoms with Gasteiger partial charge in [-0.25, -0.2) is 0 Å². The zero-order valence-electron chi connectivity index (χ0n) is 12.8. The molecule has 0 aliphatic heterocycles. The van der Waals surface area contributed by atoms with Crippen molar-refractivity contribution in [3.05, 3.63) is 66.9 Å². The molecule has 1 unspecified atom stereocenters. The lowest BCUT2D eigenvalue weighted by atomic mass is 10.1. The Morgan fingerprint density at radius 1 is 1.17 bits per heavy atom. The Morgan fingerprint density at radius 2 is 2.00 bits per heavy atom. The molecule has 0 radical (unpaired) electrons. The lowest BCUT2D eigenvalue weighted by Gasteiger charge is -2.14. The van der Waals surface area contributed by atoms with Gasteiger partial charge in [0, 0.05) is 43.1 Å². The number of carbonyl (C=O) groups excluding carboxylic acids is 1. The van der Waals surface area contributed by atoms with Gasteiger partial charge in [0.1, 0.15) is 6.04 Å². The number of amides is 1. The summed E-state index contributed by atoms with van der Waals surface area (Å²) in [7, 11) is 0. The van der Waals surface area contributed by atoms with Crippen molar-refractivity contribution < 1.29 is 4.79 Å². The first-order valence-electron chi connectivity index (χ1n) is 7.37. The summed E-state index contributed by atoms with van der Waals surface area (Å²) in [5, 5.41) is 7.04. The molecule has 116 valence electrons. The SMILES string of the molecule is CC(C(=O)NCc1cccnc1-c1ccncc1)n1cccn1. The van der Waals surface area contributed by atoms with Gasteiger partial charge < -0.3 is 5.32 Å². The lowest BCUT2D eigenvalue weighted by molar-refractivity contribution is -0.124. The summed E-state index contributed by atoms with van der Waals surface area (Å²) in [5.74, 6) is -0.0850. The molecule has 0 spiro atoms. The van der Waals surface area contributed by atoms with Crippen molar-refractivity contribution in [2.75, 3.05) is 0 Å². The van der Waals surface area contributed by atoms with Gasteiger partial charge in [-0.2, -0.15) is 5.10 Å². The van der Waals surface area contributed by atoms with Crippen molar-refractivity contribution in [3.8, 4) is 11.3 Å². The molecule has 1 amide bonds. The van der Waals surface area contributed by atoms with Crippen molar-refractivity contribution in [2.24, 2.45) is 0 Å². The van der Waals surface area contributed by atoms with Gasteiger partial charge in [-0.15, -0.1) is 0 Å². The Hall–Kier alpha value is -3.02. The summed E-state index contributed by atoms with van der Waals surface area (Å²) in [6, 6.07) is 9.07. The number of nitrogens with zero attached hydrogens (tertiary/aromatic N) is 4. The maximum atomic E-state index is 12.3. The van der Waals surface area contributed by atoms with Crippen LogP contribution in [-0.2, 0) is 11.3 Å². The third kappa shape index (κ3) is 3.42.